The number of fused-ring (bicyclic) bond motifs is 4. The number of unbranched alkanes of at least 4 members (excludes halogenated alkanes) is 1. The van der Waals surface area contributed by atoms with Crippen molar-refractivity contribution in [2.45, 2.75) is 311 Å². The Kier molecular flexibility index (Phi) is 21.1. The van der Waals surface area contributed by atoms with E-state index in [4.69, 9.17) is 56.8 Å². The first-order chi connectivity index (χ1) is 44.5. The summed E-state index contributed by atoms with van der Waals surface area (Å²) in [5.41, 5.74) is -5.10. The van der Waals surface area contributed by atoms with E-state index in [9.17, 15) is 91.3 Å². The highest BCUT2D eigenvalue weighted by Crippen LogP contribution is 2.81. The Morgan fingerprint density at radius 3 is 1.78 bits per heavy atom. The number of aliphatic carboxylic acids is 1. The summed E-state index contributed by atoms with van der Waals surface area (Å²) in [7, 11) is 0. The van der Waals surface area contributed by atoms with Gasteiger partial charge in [0.2, 0.25) is 0 Å². The van der Waals surface area contributed by atoms with Crippen LogP contribution in [0.5, 0.6) is 0 Å². The summed E-state index contributed by atoms with van der Waals surface area (Å²) in [5, 5.41) is 180. The van der Waals surface area contributed by atoms with Gasteiger partial charge in [0.05, 0.1) is 49.1 Å². The number of aliphatic hydroxyl groups is 15. The maximum Gasteiger partial charge on any atom is 0.335 e. The van der Waals surface area contributed by atoms with E-state index in [1.54, 1.807) is 6.08 Å². The van der Waals surface area contributed by atoms with Crippen molar-refractivity contribution in [3.63, 3.8) is 0 Å². The second-order valence-electron chi connectivity index (χ2n) is 31.2. The van der Waals surface area contributed by atoms with Crippen LogP contribution < -0.4 is 0 Å². The van der Waals surface area contributed by atoms with Gasteiger partial charge in [-0.2, -0.15) is 0 Å². The summed E-state index contributed by atoms with van der Waals surface area (Å²) in [6.07, 6.45) is -41.4. The molecule has 6 saturated heterocycles. The van der Waals surface area contributed by atoms with Gasteiger partial charge in [-0.3, -0.25) is 0 Å². The quantitative estimate of drug-likeness (QED) is 0.0404. The summed E-state index contributed by atoms with van der Waals surface area (Å²) in [6.45, 7) is 15.9. The molecule has 1 spiro atoms. The minimum atomic E-state index is -2.34. The molecule has 5 aliphatic carbocycles. The maximum absolute atomic E-state index is 13.5. The van der Waals surface area contributed by atoms with Crippen LogP contribution in [0.2, 0.25) is 0 Å². The van der Waals surface area contributed by atoms with Gasteiger partial charge in [0.15, 0.2) is 43.8 Å². The Morgan fingerprint density at radius 1 is 0.547 bits per heavy atom. The number of carboxylic acid groups (broad SMARTS) is 1. The highest BCUT2D eigenvalue weighted by molar-refractivity contribution is 5.82. The third-order valence-electron chi connectivity index (χ3n) is 25.2. The van der Waals surface area contributed by atoms with Crippen LogP contribution in [-0.4, -0.2) is 291 Å². The number of allylic oxidation sites excluding steroid dienone is 1. The van der Waals surface area contributed by atoms with Crippen molar-refractivity contribution in [3.8, 4) is 0 Å². The number of hydrogen-bond acceptors (Lipinski definition) is 29. The van der Waals surface area contributed by atoms with Crippen LogP contribution in [0, 0.1) is 50.2 Å². The van der Waals surface area contributed by atoms with Gasteiger partial charge in [-0.1, -0.05) is 67.9 Å². The first-order valence-corrected chi connectivity index (χ1v) is 33.9. The zero-order valence-electron chi connectivity index (χ0n) is 55.3. The van der Waals surface area contributed by atoms with Crippen molar-refractivity contribution in [2.75, 3.05) is 19.8 Å². The third kappa shape index (κ3) is 12.0. The Hall–Kier alpha value is -2.36. The third-order valence-corrected chi connectivity index (χ3v) is 25.2. The predicted octanol–water partition coefficient (Wildman–Crippen LogP) is -2.57. The molecule has 544 valence electrons. The Morgan fingerprint density at radius 2 is 1.13 bits per heavy atom. The summed E-state index contributed by atoms with van der Waals surface area (Å²) >= 11 is 0. The van der Waals surface area contributed by atoms with Crippen LogP contribution in [0.4, 0.5) is 0 Å². The van der Waals surface area contributed by atoms with Crippen molar-refractivity contribution < 1.29 is 148 Å². The van der Waals surface area contributed by atoms with Gasteiger partial charge in [-0.25, -0.2) is 9.59 Å². The summed E-state index contributed by atoms with van der Waals surface area (Å²) < 4.78 is 74.9. The zero-order chi connectivity index (χ0) is 69.4. The molecule has 0 aromatic heterocycles. The molecule has 2 bridgehead atoms. The zero-order valence-corrected chi connectivity index (χ0v) is 55.3. The summed E-state index contributed by atoms with van der Waals surface area (Å²) in [4.78, 5) is 26.9. The van der Waals surface area contributed by atoms with E-state index in [1.807, 2.05) is 20.8 Å². The molecule has 0 aromatic carbocycles. The van der Waals surface area contributed by atoms with Gasteiger partial charge >= 0.3 is 11.9 Å². The first kappa shape index (κ1) is 73.8. The fourth-order valence-electron chi connectivity index (χ4n) is 20.1. The fourth-order valence-corrected chi connectivity index (χ4v) is 20.1. The largest absolute Gasteiger partial charge is 0.479 e. The molecule has 0 aromatic rings. The molecule has 11 aliphatic rings. The summed E-state index contributed by atoms with van der Waals surface area (Å²) in [5.74, 6) is -2.83. The Bertz CT molecular complexity index is 2720. The lowest BCUT2D eigenvalue weighted by molar-refractivity contribution is -0.411. The van der Waals surface area contributed by atoms with E-state index in [-0.39, 0.29) is 29.6 Å². The normalized spacial score (nSPS) is 54.2. The molecule has 5 saturated carbocycles. The van der Waals surface area contributed by atoms with Crippen molar-refractivity contribution in [2.24, 2.45) is 50.2 Å². The van der Waals surface area contributed by atoms with Crippen LogP contribution >= 0.6 is 0 Å². The van der Waals surface area contributed by atoms with E-state index in [2.05, 4.69) is 34.6 Å². The molecule has 36 atom stereocenters. The Balaban J connectivity index is 0.903. The molecule has 6 heterocycles. The van der Waals surface area contributed by atoms with E-state index in [0.29, 0.717) is 57.8 Å². The number of ether oxygens (including phenoxy) is 12. The van der Waals surface area contributed by atoms with E-state index in [0.717, 1.165) is 6.42 Å². The molecule has 0 radical (unpaired) electrons. The molecule has 16 N–H and O–H groups in total. The monoisotopic (exact) mass is 1360 g/mol. The van der Waals surface area contributed by atoms with Gasteiger partial charge in [0.1, 0.15) is 110 Å². The standard InChI is InChI=1S/C65H104O30/c1-10-11-12-13-36(70)88-35-22-59(3,4)20-32-64-19-15-31-61(7)17-16-34(60(5,6)30(61)14-18-62(31,8)63(64,9)21-33(69)65(32,35)58(83)95-64)89-57-51(94-54-45(79)41(75)39(73)28(23-66)86-54)47(46(80)48(91-57)52(81)82)90-56-50(43(77)40(74)29(24-67)87-56)93-55-49(42(76)37(71)26(2)85-55)92-53-44(78)38(72)27(68)25-84-53/h12-13,26-35,37-51,53-58,66-69,71-80,83H,10-11,14-25H2,1-9H3,(H,81,82)/b13-12-/t26-,27+,28+,29+,30-,31+,32-,33+,34?,35-,37?,38-,39-,40-,41-,42+,43-,44+,45+,46-,47-,48-,49-,50+,51+,53-,54-,55?,56-,57+,58?,61-,62+,63-,64-,65+/m0/s1. The number of hydrogen-bond donors (Lipinski definition) is 16. The number of carbonyl (C=O) groups excluding carboxylic acids is 1. The highest BCUT2D eigenvalue weighted by Gasteiger charge is 2.84. The minimum Gasteiger partial charge on any atom is -0.479 e. The maximum atomic E-state index is 13.5. The number of esters is 1. The van der Waals surface area contributed by atoms with Crippen LogP contribution in [0.1, 0.15) is 133 Å². The van der Waals surface area contributed by atoms with Crippen LogP contribution in [-0.2, 0) is 66.4 Å². The minimum absolute atomic E-state index is 0.00846. The molecule has 95 heavy (non-hydrogen) atoms. The van der Waals surface area contributed by atoms with Crippen molar-refractivity contribution in [3.05, 3.63) is 12.2 Å². The molecule has 0 amide bonds. The summed E-state index contributed by atoms with van der Waals surface area (Å²) in [6, 6.07) is 0. The van der Waals surface area contributed by atoms with Crippen LogP contribution in [0.3, 0.4) is 0 Å². The lowest BCUT2D eigenvalue weighted by atomic mass is 9.30. The average Bonchev–Trinajstić information content (AvgIpc) is 1.55. The molecular formula is C65H104O30. The van der Waals surface area contributed by atoms with Crippen molar-refractivity contribution in [1.82, 2.24) is 0 Å². The van der Waals surface area contributed by atoms with Gasteiger partial charge in [0, 0.05) is 17.4 Å². The molecular weight excluding hydrogens is 1260 g/mol. The van der Waals surface area contributed by atoms with E-state index in [1.165, 1.54) is 13.0 Å². The number of carboxylic acids is 1. The van der Waals surface area contributed by atoms with Crippen LogP contribution in [0.25, 0.3) is 0 Å². The topological polar surface area (TPSA) is 469 Å². The lowest BCUT2D eigenvalue weighted by Crippen LogP contribution is -2.75. The highest BCUT2D eigenvalue weighted by atomic mass is 16.8. The van der Waals surface area contributed by atoms with E-state index < -0.39 is 236 Å². The molecule has 4 unspecified atom stereocenters. The second-order valence-corrected chi connectivity index (χ2v) is 31.2. The second kappa shape index (κ2) is 27.1. The fraction of sp³-hybridized carbons (Fsp3) is 0.938. The predicted molar refractivity (Wildman–Crippen MR) is 318 cm³/mol. The van der Waals surface area contributed by atoms with Gasteiger partial charge in [-0.15, -0.1) is 0 Å². The molecule has 30 nitrogen and oxygen atoms in total. The lowest BCUT2D eigenvalue weighted by Gasteiger charge is -2.75. The average molecular weight is 1370 g/mol. The number of aliphatic hydroxyl groups excluding tert-OH is 15. The first-order valence-electron chi connectivity index (χ1n) is 33.9. The number of carbonyl (C=O) groups is 2. The van der Waals surface area contributed by atoms with Gasteiger partial charge in [-0.05, 0) is 105 Å². The van der Waals surface area contributed by atoms with Gasteiger partial charge in [0.25, 0.3) is 0 Å². The smallest absolute Gasteiger partial charge is 0.335 e. The van der Waals surface area contributed by atoms with E-state index >= 15 is 0 Å². The SMILES string of the molecule is CCC/C=C\C(=O)O[C@H]1CC(C)(C)C[C@@H]2[C@]13C(O)O[C@@]21CC[C@@H]2[C@@]4(C)CCC(O[C@@H]5O[C@H](C(=O)O)[C@@H](O)[C@H](O[C@@H]6O[C@H](CO)[C@H](O)[C@H](O)[C@H]6OC6O[C@@H](C)C(O)[C@@H](O)[C@@H]6O[C@@H]6OC[C@@H](O)[C@H](O)[C@H]6O)[C@H]5O[C@@H]5O[C@H](CO)[C@H](O)[C@H](O)[C@H]5O)C(C)(C)[C@@H]4CC[C@@]2(C)[C@]1(C)C[C@H]3O. The van der Waals surface area contributed by atoms with Crippen molar-refractivity contribution in [1.29, 1.82) is 0 Å². The van der Waals surface area contributed by atoms with Crippen molar-refractivity contribution >= 4 is 11.9 Å². The number of rotatable bonds is 17. The Labute approximate surface area is 551 Å². The molecule has 11 rings (SSSR count). The molecule has 30 heteroatoms. The van der Waals surface area contributed by atoms with Gasteiger partial charge < -0.3 is 139 Å². The molecule has 11 fully saturated rings. The van der Waals surface area contributed by atoms with Crippen LogP contribution in [0.15, 0.2) is 12.2 Å². The molecule has 6 aliphatic heterocycles.